The minimum absolute atomic E-state index is 0. The molecule has 3 heteroatoms. The van der Waals surface area contributed by atoms with Gasteiger partial charge in [0.2, 0.25) is 0 Å². The Labute approximate surface area is 114 Å². The third kappa shape index (κ3) is 3.49. The topological polar surface area (TPSA) is 35.2 Å². The highest BCUT2D eigenvalue weighted by Crippen LogP contribution is 2.23. The largest absolute Gasteiger partial charge is 0.497 e. The maximum Gasteiger partial charge on any atom is 0.118 e. The summed E-state index contributed by atoms with van der Waals surface area (Å²) in [4.78, 5) is 0. The van der Waals surface area contributed by atoms with E-state index < -0.39 is 0 Å². The molecule has 2 aromatic carbocycles. The quantitative estimate of drug-likeness (QED) is 0.919. The lowest BCUT2D eigenvalue weighted by atomic mass is 10.0. The third-order valence-electron chi connectivity index (χ3n) is 2.78. The van der Waals surface area contributed by atoms with Crippen molar-refractivity contribution in [3.63, 3.8) is 0 Å². The second-order valence-electron chi connectivity index (χ2n) is 3.97. The molecule has 0 saturated carbocycles. The highest BCUT2D eigenvalue weighted by molar-refractivity contribution is 5.85. The zero-order valence-corrected chi connectivity index (χ0v) is 11.2. The number of halogens is 1. The summed E-state index contributed by atoms with van der Waals surface area (Å²) >= 11 is 0. The van der Waals surface area contributed by atoms with E-state index in [0.717, 1.165) is 12.2 Å². The summed E-state index contributed by atoms with van der Waals surface area (Å²) in [5.41, 5.74) is 9.27. The first-order valence-electron chi connectivity index (χ1n) is 5.77. The molecule has 2 aromatic rings. The van der Waals surface area contributed by atoms with Crippen molar-refractivity contribution in [2.24, 2.45) is 5.73 Å². The monoisotopic (exact) mass is 263 g/mol. The molecule has 0 saturated heterocycles. The molecular weight excluding hydrogens is 246 g/mol. The van der Waals surface area contributed by atoms with E-state index in [1.165, 1.54) is 16.7 Å². The molecule has 0 aromatic heterocycles. The Morgan fingerprint density at radius 1 is 1.00 bits per heavy atom. The van der Waals surface area contributed by atoms with E-state index in [1.54, 1.807) is 7.11 Å². The van der Waals surface area contributed by atoms with Crippen molar-refractivity contribution in [3.8, 4) is 16.9 Å². The predicted octanol–water partition coefficient (Wildman–Crippen LogP) is 3.29. The molecule has 2 N–H and O–H groups in total. The van der Waals surface area contributed by atoms with Crippen molar-refractivity contribution in [3.05, 3.63) is 54.1 Å². The summed E-state index contributed by atoms with van der Waals surface area (Å²) in [6, 6.07) is 16.6. The second-order valence-corrected chi connectivity index (χ2v) is 3.97. The van der Waals surface area contributed by atoms with Crippen LogP contribution in [0, 0.1) is 0 Å². The lowest BCUT2D eigenvalue weighted by Crippen LogP contribution is -2.02. The smallest absolute Gasteiger partial charge is 0.118 e. The number of nitrogens with two attached hydrogens (primary N) is 1. The molecule has 0 atom stereocenters. The molecule has 0 aliphatic rings. The van der Waals surface area contributed by atoms with Crippen LogP contribution in [0.4, 0.5) is 0 Å². The van der Waals surface area contributed by atoms with E-state index in [9.17, 15) is 0 Å². The molecule has 0 amide bonds. The van der Waals surface area contributed by atoms with Gasteiger partial charge in [0.1, 0.15) is 5.75 Å². The molecule has 0 aliphatic heterocycles. The molecule has 0 heterocycles. The van der Waals surface area contributed by atoms with Crippen LogP contribution in [-0.2, 0) is 6.42 Å². The summed E-state index contributed by atoms with van der Waals surface area (Å²) in [6.07, 6.45) is 0.921. The maximum atomic E-state index is 5.57. The first-order valence-corrected chi connectivity index (χ1v) is 5.77. The first kappa shape index (κ1) is 14.6. The normalized spacial score (nSPS) is 9.67. The Bertz CT molecular complexity index is 482. The van der Waals surface area contributed by atoms with E-state index in [0.29, 0.717) is 6.54 Å². The van der Waals surface area contributed by atoms with Crippen LogP contribution in [0.5, 0.6) is 5.75 Å². The zero-order valence-electron chi connectivity index (χ0n) is 10.4. The van der Waals surface area contributed by atoms with Crippen LogP contribution < -0.4 is 10.5 Å². The van der Waals surface area contributed by atoms with Crippen LogP contribution >= 0.6 is 12.4 Å². The summed E-state index contributed by atoms with van der Waals surface area (Å²) in [6.45, 7) is 0.687. The standard InChI is InChI=1S/C15H17NO.ClH/c1-17-15-7-5-13(6-8-15)14-4-2-3-12(11-14)9-10-16;/h2-8,11H,9-10,16H2,1H3;1H. The number of methoxy groups -OCH3 is 1. The van der Waals surface area contributed by atoms with Gasteiger partial charge >= 0.3 is 0 Å². The van der Waals surface area contributed by atoms with E-state index in [1.807, 2.05) is 12.1 Å². The predicted molar refractivity (Wildman–Crippen MR) is 78.4 cm³/mol. The highest BCUT2D eigenvalue weighted by atomic mass is 35.5. The maximum absolute atomic E-state index is 5.57. The summed E-state index contributed by atoms with van der Waals surface area (Å²) in [7, 11) is 1.68. The Balaban J connectivity index is 0.00000162. The molecule has 0 bridgehead atoms. The Morgan fingerprint density at radius 2 is 1.72 bits per heavy atom. The molecule has 2 nitrogen and oxygen atoms in total. The van der Waals surface area contributed by atoms with Crippen LogP contribution in [0.2, 0.25) is 0 Å². The van der Waals surface area contributed by atoms with Crippen molar-refractivity contribution in [2.75, 3.05) is 13.7 Å². The van der Waals surface area contributed by atoms with Gasteiger partial charge in [-0.2, -0.15) is 0 Å². The Hall–Kier alpha value is -1.51. The highest BCUT2D eigenvalue weighted by Gasteiger charge is 1.99. The van der Waals surface area contributed by atoms with Crippen LogP contribution in [-0.4, -0.2) is 13.7 Å². The second kappa shape index (κ2) is 7.04. The number of hydrogen-bond acceptors (Lipinski definition) is 2. The van der Waals surface area contributed by atoms with E-state index in [2.05, 4.69) is 36.4 Å². The molecular formula is C15H18ClNO. The molecule has 0 spiro atoms. The van der Waals surface area contributed by atoms with E-state index >= 15 is 0 Å². The van der Waals surface area contributed by atoms with Crippen LogP contribution in [0.25, 0.3) is 11.1 Å². The van der Waals surface area contributed by atoms with Gasteiger partial charge in [0.15, 0.2) is 0 Å². The molecule has 0 fully saturated rings. The fourth-order valence-electron chi connectivity index (χ4n) is 1.86. The number of ether oxygens (including phenoxy) is 1. The Morgan fingerprint density at radius 3 is 2.33 bits per heavy atom. The molecule has 0 radical (unpaired) electrons. The number of hydrogen-bond donors (Lipinski definition) is 1. The van der Waals surface area contributed by atoms with Crippen LogP contribution in [0.15, 0.2) is 48.5 Å². The first-order chi connectivity index (χ1) is 8.33. The average Bonchev–Trinajstić information content (AvgIpc) is 2.40. The average molecular weight is 264 g/mol. The SMILES string of the molecule is COc1ccc(-c2cccc(CCN)c2)cc1.Cl. The molecule has 0 aliphatic carbocycles. The lowest BCUT2D eigenvalue weighted by molar-refractivity contribution is 0.415. The molecule has 2 rings (SSSR count). The number of rotatable bonds is 4. The van der Waals surface area contributed by atoms with Crippen LogP contribution in [0.1, 0.15) is 5.56 Å². The minimum atomic E-state index is 0. The van der Waals surface area contributed by atoms with Crippen molar-refractivity contribution in [1.29, 1.82) is 0 Å². The van der Waals surface area contributed by atoms with Crippen molar-refractivity contribution < 1.29 is 4.74 Å². The van der Waals surface area contributed by atoms with Crippen molar-refractivity contribution in [2.45, 2.75) is 6.42 Å². The summed E-state index contributed by atoms with van der Waals surface area (Å²) < 4.78 is 5.15. The molecule has 0 unspecified atom stereocenters. The van der Waals surface area contributed by atoms with E-state index in [-0.39, 0.29) is 12.4 Å². The van der Waals surface area contributed by atoms with Gasteiger partial charge in [0, 0.05) is 0 Å². The van der Waals surface area contributed by atoms with Gasteiger partial charge in [-0.3, -0.25) is 0 Å². The number of benzene rings is 2. The van der Waals surface area contributed by atoms with Crippen molar-refractivity contribution >= 4 is 12.4 Å². The van der Waals surface area contributed by atoms with Gasteiger partial charge in [-0.1, -0.05) is 36.4 Å². The third-order valence-corrected chi connectivity index (χ3v) is 2.78. The van der Waals surface area contributed by atoms with Crippen molar-refractivity contribution in [1.82, 2.24) is 0 Å². The zero-order chi connectivity index (χ0) is 12.1. The molecule has 18 heavy (non-hydrogen) atoms. The fraction of sp³-hybridized carbons (Fsp3) is 0.200. The van der Waals surface area contributed by atoms with E-state index in [4.69, 9.17) is 10.5 Å². The van der Waals surface area contributed by atoms with Gasteiger partial charge in [0.05, 0.1) is 7.11 Å². The molecule has 96 valence electrons. The van der Waals surface area contributed by atoms with Gasteiger partial charge in [-0.15, -0.1) is 12.4 Å². The van der Waals surface area contributed by atoms with Gasteiger partial charge in [0.25, 0.3) is 0 Å². The summed E-state index contributed by atoms with van der Waals surface area (Å²) in [5, 5.41) is 0. The van der Waals surface area contributed by atoms with Gasteiger partial charge < -0.3 is 10.5 Å². The van der Waals surface area contributed by atoms with Crippen LogP contribution in [0.3, 0.4) is 0 Å². The lowest BCUT2D eigenvalue weighted by Gasteiger charge is -2.06. The van der Waals surface area contributed by atoms with Gasteiger partial charge in [-0.05, 0) is 41.8 Å². The van der Waals surface area contributed by atoms with Gasteiger partial charge in [-0.25, -0.2) is 0 Å². The Kier molecular flexibility index (Phi) is 5.69. The minimum Gasteiger partial charge on any atom is -0.497 e. The summed E-state index contributed by atoms with van der Waals surface area (Å²) in [5.74, 6) is 0.881. The fourth-order valence-corrected chi connectivity index (χ4v) is 1.86.